The first-order valence-corrected chi connectivity index (χ1v) is 5.99. The molecule has 18 heavy (non-hydrogen) atoms. The molecule has 0 fully saturated rings. The summed E-state index contributed by atoms with van der Waals surface area (Å²) in [6.45, 7) is 2.59. The zero-order valence-electron chi connectivity index (χ0n) is 10.2. The molecule has 1 unspecified atom stereocenters. The minimum Gasteiger partial charge on any atom is -0.482 e. The first kappa shape index (κ1) is 13.0. The van der Waals surface area contributed by atoms with Crippen molar-refractivity contribution in [3.05, 3.63) is 17.2 Å². The molecule has 1 aliphatic rings. The minimum atomic E-state index is -0.174. The molecule has 0 radical (unpaired) electrons. The first-order chi connectivity index (χ1) is 8.60. The van der Waals surface area contributed by atoms with E-state index < -0.39 is 0 Å². The lowest BCUT2D eigenvalue weighted by molar-refractivity contribution is -0.118. The van der Waals surface area contributed by atoms with Crippen LogP contribution in [0.3, 0.4) is 0 Å². The van der Waals surface area contributed by atoms with Crippen molar-refractivity contribution >= 4 is 28.9 Å². The van der Waals surface area contributed by atoms with E-state index in [4.69, 9.17) is 21.1 Å². The van der Waals surface area contributed by atoms with Gasteiger partial charge < -0.3 is 20.1 Å². The minimum absolute atomic E-state index is 0.0295. The second kappa shape index (κ2) is 5.46. The van der Waals surface area contributed by atoms with Gasteiger partial charge in [-0.25, -0.2) is 0 Å². The smallest absolute Gasteiger partial charge is 0.262 e. The molecule has 1 aromatic carbocycles. The first-order valence-electron chi connectivity index (χ1n) is 5.62. The number of carbonyl (C=O) groups excluding carboxylic acids is 1. The van der Waals surface area contributed by atoms with Gasteiger partial charge in [0.25, 0.3) is 5.91 Å². The lowest BCUT2D eigenvalue weighted by atomic mass is 10.2. The van der Waals surface area contributed by atoms with Gasteiger partial charge in [0.2, 0.25) is 0 Å². The number of rotatable bonds is 4. The van der Waals surface area contributed by atoms with E-state index in [2.05, 4.69) is 10.6 Å². The molecule has 0 aromatic heterocycles. The summed E-state index contributed by atoms with van der Waals surface area (Å²) in [5.74, 6) is 0.443. The third kappa shape index (κ3) is 2.86. The lowest BCUT2D eigenvalue weighted by Crippen LogP contribution is -2.26. The molecule has 5 nitrogen and oxygen atoms in total. The largest absolute Gasteiger partial charge is 0.482 e. The highest BCUT2D eigenvalue weighted by molar-refractivity contribution is 6.33. The number of halogens is 1. The third-order valence-electron chi connectivity index (χ3n) is 2.52. The summed E-state index contributed by atoms with van der Waals surface area (Å²) >= 11 is 6.14. The molecule has 1 aromatic rings. The van der Waals surface area contributed by atoms with E-state index >= 15 is 0 Å². The molecule has 0 saturated carbocycles. The van der Waals surface area contributed by atoms with Gasteiger partial charge in [0.1, 0.15) is 5.75 Å². The maximum Gasteiger partial charge on any atom is 0.262 e. The molecule has 98 valence electrons. The van der Waals surface area contributed by atoms with Gasteiger partial charge in [-0.05, 0) is 13.0 Å². The van der Waals surface area contributed by atoms with Crippen molar-refractivity contribution in [1.82, 2.24) is 0 Å². The second-order valence-corrected chi connectivity index (χ2v) is 4.57. The molecule has 2 rings (SSSR count). The number of hydrogen-bond acceptors (Lipinski definition) is 4. The highest BCUT2D eigenvalue weighted by Crippen LogP contribution is 2.36. The molecule has 1 aliphatic heterocycles. The number of anilines is 2. The van der Waals surface area contributed by atoms with Crippen LogP contribution in [-0.4, -0.2) is 32.3 Å². The zero-order chi connectivity index (χ0) is 13.1. The maximum absolute atomic E-state index is 11.2. The zero-order valence-corrected chi connectivity index (χ0v) is 11.0. The van der Waals surface area contributed by atoms with E-state index in [9.17, 15) is 4.79 Å². The highest BCUT2D eigenvalue weighted by Gasteiger charge is 2.18. The summed E-state index contributed by atoms with van der Waals surface area (Å²) in [4.78, 5) is 11.2. The number of hydrogen-bond donors (Lipinski definition) is 2. The quantitative estimate of drug-likeness (QED) is 0.880. The van der Waals surface area contributed by atoms with Gasteiger partial charge in [-0.2, -0.15) is 0 Å². The number of methoxy groups -OCH3 is 1. The molecule has 1 atom stereocenters. The van der Waals surface area contributed by atoms with Crippen molar-refractivity contribution in [2.24, 2.45) is 0 Å². The van der Waals surface area contributed by atoms with Crippen LogP contribution in [0.25, 0.3) is 0 Å². The van der Waals surface area contributed by atoms with Gasteiger partial charge in [-0.15, -0.1) is 0 Å². The Bertz CT molecular complexity index is 465. The van der Waals surface area contributed by atoms with E-state index in [1.54, 1.807) is 19.2 Å². The number of fused-ring (bicyclic) bond motifs is 1. The van der Waals surface area contributed by atoms with E-state index in [-0.39, 0.29) is 18.6 Å². The Hall–Kier alpha value is -1.46. The molecule has 0 spiro atoms. The normalized spacial score (nSPS) is 15.4. The van der Waals surface area contributed by atoms with Crippen LogP contribution < -0.4 is 15.4 Å². The van der Waals surface area contributed by atoms with Crippen molar-refractivity contribution in [2.75, 3.05) is 31.0 Å². The van der Waals surface area contributed by atoms with Gasteiger partial charge in [-0.1, -0.05) is 11.6 Å². The van der Waals surface area contributed by atoms with Crippen LogP contribution in [0.2, 0.25) is 5.02 Å². The summed E-state index contributed by atoms with van der Waals surface area (Å²) in [7, 11) is 1.64. The van der Waals surface area contributed by atoms with Crippen LogP contribution in [0.15, 0.2) is 12.1 Å². The Labute approximate surface area is 110 Å². The summed E-state index contributed by atoms with van der Waals surface area (Å²) in [5.41, 5.74) is 1.36. The molecule has 2 N–H and O–H groups in total. The fraction of sp³-hybridized carbons (Fsp3) is 0.417. The van der Waals surface area contributed by atoms with Gasteiger partial charge in [-0.3, -0.25) is 4.79 Å². The average Bonchev–Trinajstić information content (AvgIpc) is 2.31. The van der Waals surface area contributed by atoms with Crippen LogP contribution in [-0.2, 0) is 9.53 Å². The Morgan fingerprint density at radius 2 is 2.39 bits per heavy atom. The maximum atomic E-state index is 11.2. The second-order valence-electron chi connectivity index (χ2n) is 4.17. The number of amides is 1. The van der Waals surface area contributed by atoms with Crippen molar-refractivity contribution < 1.29 is 14.3 Å². The van der Waals surface area contributed by atoms with E-state index in [1.165, 1.54) is 0 Å². The van der Waals surface area contributed by atoms with Gasteiger partial charge in [0, 0.05) is 19.2 Å². The van der Waals surface area contributed by atoms with Crippen molar-refractivity contribution in [3.8, 4) is 5.75 Å². The van der Waals surface area contributed by atoms with Crippen LogP contribution in [0.1, 0.15) is 6.92 Å². The summed E-state index contributed by atoms with van der Waals surface area (Å²) in [6.07, 6.45) is 0. The fourth-order valence-electron chi connectivity index (χ4n) is 1.77. The molecule has 1 amide bonds. The number of carbonyl (C=O) groups is 1. The molecule has 1 heterocycles. The van der Waals surface area contributed by atoms with E-state index in [0.29, 0.717) is 23.1 Å². The number of ether oxygens (including phenoxy) is 2. The predicted octanol–water partition coefficient (Wildman–Crippen LogP) is 2.12. The number of nitrogens with one attached hydrogen (secondary N) is 2. The predicted molar refractivity (Wildman–Crippen MR) is 70.5 cm³/mol. The van der Waals surface area contributed by atoms with Crippen molar-refractivity contribution in [2.45, 2.75) is 13.0 Å². The van der Waals surface area contributed by atoms with Crippen LogP contribution >= 0.6 is 11.6 Å². The van der Waals surface area contributed by atoms with Gasteiger partial charge >= 0.3 is 0 Å². The van der Waals surface area contributed by atoms with Crippen LogP contribution in [0, 0.1) is 0 Å². The SMILES string of the molecule is COCC(C)Nc1cc2c(cc1Cl)NC(=O)CO2. The third-order valence-corrected chi connectivity index (χ3v) is 2.83. The Morgan fingerprint density at radius 1 is 1.61 bits per heavy atom. The summed E-state index contributed by atoms with van der Waals surface area (Å²) < 4.78 is 10.4. The molecular weight excluding hydrogens is 256 g/mol. The Balaban J connectivity index is 2.20. The number of benzene rings is 1. The fourth-order valence-corrected chi connectivity index (χ4v) is 1.99. The summed E-state index contributed by atoms with van der Waals surface area (Å²) in [6, 6.07) is 3.59. The van der Waals surface area contributed by atoms with E-state index in [0.717, 1.165) is 5.69 Å². The summed E-state index contributed by atoms with van der Waals surface area (Å²) in [5, 5.41) is 6.46. The van der Waals surface area contributed by atoms with Gasteiger partial charge in [0.05, 0.1) is 23.0 Å². The Kier molecular flexibility index (Phi) is 3.93. The molecule has 0 saturated heterocycles. The van der Waals surface area contributed by atoms with Crippen molar-refractivity contribution in [3.63, 3.8) is 0 Å². The van der Waals surface area contributed by atoms with Crippen LogP contribution in [0.5, 0.6) is 5.75 Å². The molecule has 0 bridgehead atoms. The topological polar surface area (TPSA) is 59.6 Å². The molecule has 0 aliphatic carbocycles. The lowest BCUT2D eigenvalue weighted by Gasteiger charge is -2.21. The van der Waals surface area contributed by atoms with Gasteiger partial charge in [0.15, 0.2) is 6.61 Å². The van der Waals surface area contributed by atoms with Crippen LogP contribution in [0.4, 0.5) is 11.4 Å². The van der Waals surface area contributed by atoms with E-state index in [1.807, 2.05) is 6.92 Å². The average molecular weight is 271 g/mol. The standard InChI is InChI=1S/C12H15ClN2O3/c1-7(5-17-2)14-9-4-11-10(3-8(9)13)15-12(16)6-18-11/h3-4,7,14H,5-6H2,1-2H3,(H,15,16). The molecule has 6 heteroatoms. The monoisotopic (exact) mass is 270 g/mol. The molecular formula is C12H15ClN2O3. The highest BCUT2D eigenvalue weighted by atomic mass is 35.5. The van der Waals surface area contributed by atoms with Crippen molar-refractivity contribution in [1.29, 1.82) is 0 Å². The Morgan fingerprint density at radius 3 is 3.11 bits per heavy atom.